The number of hydrogen-bond acceptors (Lipinski definition) is 3. The molecule has 0 unspecified atom stereocenters. The Bertz CT molecular complexity index is 467. The van der Waals surface area contributed by atoms with E-state index in [0.717, 1.165) is 25.1 Å². The van der Waals surface area contributed by atoms with E-state index in [2.05, 4.69) is 48.0 Å². The molecule has 1 saturated heterocycles. The molecule has 2 nitrogen and oxygen atoms in total. The van der Waals surface area contributed by atoms with E-state index in [-0.39, 0.29) is 5.91 Å². The zero-order valence-corrected chi connectivity index (χ0v) is 15.8. The summed E-state index contributed by atoms with van der Waals surface area (Å²) in [6.07, 6.45) is 1.92. The maximum absolute atomic E-state index is 12.5. The van der Waals surface area contributed by atoms with Crippen LogP contribution in [-0.2, 0) is 17.6 Å². The van der Waals surface area contributed by atoms with E-state index < -0.39 is 0 Å². The summed E-state index contributed by atoms with van der Waals surface area (Å²) in [5.41, 5.74) is 3.70. The summed E-state index contributed by atoms with van der Waals surface area (Å²) < 4.78 is 0.502. The quantitative estimate of drug-likeness (QED) is 0.676. The fourth-order valence-corrected chi connectivity index (χ4v) is 5.68. The molecule has 0 spiro atoms. The monoisotopic (exact) mass is 387 g/mol. The van der Waals surface area contributed by atoms with E-state index in [1.54, 1.807) is 0 Å². The Hall–Kier alpha value is -0.130. The molecule has 0 bridgehead atoms. The summed E-state index contributed by atoms with van der Waals surface area (Å²) in [6, 6.07) is 6.41. The third-order valence-electron chi connectivity index (χ3n) is 3.67. The summed E-state index contributed by atoms with van der Waals surface area (Å²) in [6.45, 7) is 5.13. The number of para-hydroxylation sites is 1. The zero-order chi connectivity index (χ0) is 15.2. The number of anilines is 1. The van der Waals surface area contributed by atoms with Crippen LogP contribution in [0.4, 0.5) is 5.69 Å². The molecule has 1 aliphatic rings. The fraction of sp³-hybridized carbons (Fsp3) is 0.562. The van der Waals surface area contributed by atoms with Gasteiger partial charge in [-0.05, 0) is 24.0 Å². The normalized spacial score (nSPS) is 15.4. The van der Waals surface area contributed by atoms with E-state index >= 15 is 0 Å². The van der Waals surface area contributed by atoms with Gasteiger partial charge in [0.25, 0.3) is 0 Å². The minimum Gasteiger partial charge on any atom is -0.309 e. The first-order chi connectivity index (χ1) is 10.2. The topological polar surface area (TPSA) is 20.3 Å². The molecule has 5 heteroatoms. The van der Waals surface area contributed by atoms with Gasteiger partial charge in [-0.3, -0.25) is 4.79 Å². The van der Waals surface area contributed by atoms with Crippen molar-refractivity contribution < 1.29 is 4.79 Å². The predicted octanol–water partition coefficient (Wildman–Crippen LogP) is 4.35. The molecule has 0 aliphatic carbocycles. The van der Waals surface area contributed by atoms with Crippen LogP contribution in [-0.4, -0.2) is 33.9 Å². The van der Waals surface area contributed by atoms with Crippen molar-refractivity contribution in [2.45, 2.75) is 31.3 Å². The van der Waals surface area contributed by atoms with E-state index in [0.29, 0.717) is 9.91 Å². The smallest absolute Gasteiger partial charge is 0.237 e. The molecule has 0 saturated carbocycles. The van der Waals surface area contributed by atoms with Crippen LogP contribution in [0.2, 0.25) is 0 Å². The summed E-state index contributed by atoms with van der Waals surface area (Å²) in [5.74, 6) is 2.56. The Morgan fingerprint density at radius 2 is 1.81 bits per heavy atom. The minimum absolute atomic E-state index is 0.165. The second kappa shape index (κ2) is 8.49. The number of thioether (sulfide) groups is 2. The Labute approximate surface area is 144 Å². The van der Waals surface area contributed by atoms with Crippen LogP contribution < -0.4 is 4.90 Å². The number of halogens is 1. The van der Waals surface area contributed by atoms with Gasteiger partial charge in [-0.15, -0.1) is 23.5 Å². The number of aryl methyl sites for hydroxylation is 2. The minimum atomic E-state index is 0.165. The van der Waals surface area contributed by atoms with Crippen molar-refractivity contribution >= 4 is 51.0 Å². The van der Waals surface area contributed by atoms with Crippen molar-refractivity contribution in [2.24, 2.45) is 0 Å². The molecular weight excluding hydrogens is 366 g/mol. The number of benzene rings is 1. The SMILES string of the molecule is CCc1cccc(CC)c1N(CC1SCCS1)C(=O)CBr. The largest absolute Gasteiger partial charge is 0.309 e. The number of carbonyl (C=O) groups is 1. The molecule has 0 aromatic heterocycles. The molecule has 0 N–H and O–H groups in total. The molecule has 0 atom stereocenters. The van der Waals surface area contributed by atoms with Gasteiger partial charge in [-0.2, -0.15) is 0 Å². The highest BCUT2D eigenvalue weighted by Gasteiger charge is 2.26. The van der Waals surface area contributed by atoms with Gasteiger partial charge in [0, 0.05) is 18.1 Å². The van der Waals surface area contributed by atoms with Crippen LogP contribution in [0.15, 0.2) is 18.2 Å². The van der Waals surface area contributed by atoms with E-state index in [4.69, 9.17) is 0 Å². The molecule has 1 fully saturated rings. The number of nitrogens with zero attached hydrogens (tertiary/aromatic N) is 1. The predicted molar refractivity (Wildman–Crippen MR) is 100 cm³/mol. The highest BCUT2D eigenvalue weighted by Crippen LogP contribution is 2.35. The van der Waals surface area contributed by atoms with Crippen molar-refractivity contribution in [3.8, 4) is 0 Å². The molecule has 0 radical (unpaired) electrons. The molecule has 116 valence electrons. The van der Waals surface area contributed by atoms with Crippen molar-refractivity contribution in [1.29, 1.82) is 0 Å². The van der Waals surface area contributed by atoms with Gasteiger partial charge >= 0.3 is 0 Å². The van der Waals surface area contributed by atoms with E-state index in [9.17, 15) is 4.79 Å². The average Bonchev–Trinajstić information content (AvgIpc) is 3.04. The lowest BCUT2D eigenvalue weighted by Gasteiger charge is -2.29. The number of alkyl halides is 1. The summed E-state index contributed by atoms with van der Waals surface area (Å²) >= 11 is 7.30. The highest BCUT2D eigenvalue weighted by molar-refractivity contribution is 9.09. The zero-order valence-electron chi connectivity index (χ0n) is 12.6. The van der Waals surface area contributed by atoms with Gasteiger partial charge in [-0.25, -0.2) is 0 Å². The lowest BCUT2D eigenvalue weighted by atomic mass is 10.0. The summed E-state index contributed by atoms with van der Waals surface area (Å²) in [4.78, 5) is 14.5. The van der Waals surface area contributed by atoms with Gasteiger partial charge in [0.15, 0.2) is 0 Å². The Balaban J connectivity index is 2.37. The van der Waals surface area contributed by atoms with Gasteiger partial charge in [-0.1, -0.05) is 48.0 Å². The third kappa shape index (κ3) is 4.20. The number of hydrogen-bond donors (Lipinski definition) is 0. The van der Waals surface area contributed by atoms with Crippen molar-refractivity contribution in [2.75, 3.05) is 28.3 Å². The molecule has 21 heavy (non-hydrogen) atoms. The standard InChI is InChI=1S/C16H22BrNOS2/c1-3-12-6-5-7-13(4-2)16(12)18(14(19)10-17)11-15-20-8-9-21-15/h5-7,15H,3-4,8-11H2,1-2H3. The Morgan fingerprint density at radius 1 is 1.24 bits per heavy atom. The Kier molecular flexibility index (Phi) is 6.96. The fourth-order valence-electron chi connectivity index (χ4n) is 2.61. The molecule has 1 aromatic rings. The van der Waals surface area contributed by atoms with Gasteiger partial charge in [0.2, 0.25) is 5.91 Å². The molecule has 2 rings (SSSR count). The average molecular weight is 388 g/mol. The van der Waals surface area contributed by atoms with Crippen LogP contribution >= 0.6 is 39.5 Å². The maximum Gasteiger partial charge on any atom is 0.237 e. The first-order valence-electron chi connectivity index (χ1n) is 7.41. The van der Waals surface area contributed by atoms with Crippen LogP contribution in [0.1, 0.15) is 25.0 Å². The lowest BCUT2D eigenvalue weighted by molar-refractivity contribution is -0.116. The maximum atomic E-state index is 12.5. The number of rotatable bonds is 6. The molecule has 1 aliphatic heterocycles. The summed E-state index contributed by atoms with van der Waals surface area (Å²) in [5, 5.41) is 0.385. The first-order valence-corrected chi connectivity index (χ1v) is 10.6. The molecular formula is C16H22BrNOS2. The number of carbonyl (C=O) groups excluding carboxylic acids is 1. The van der Waals surface area contributed by atoms with Crippen molar-refractivity contribution in [1.82, 2.24) is 0 Å². The van der Waals surface area contributed by atoms with Crippen LogP contribution in [0, 0.1) is 0 Å². The van der Waals surface area contributed by atoms with E-state index in [1.165, 1.54) is 22.6 Å². The van der Waals surface area contributed by atoms with E-state index in [1.807, 2.05) is 28.4 Å². The first kappa shape index (κ1) is 17.2. The molecule has 1 amide bonds. The van der Waals surface area contributed by atoms with Crippen molar-refractivity contribution in [3.63, 3.8) is 0 Å². The lowest BCUT2D eigenvalue weighted by Crippen LogP contribution is -2.37. The highest BCUT2D eigenvalue weighted by atomic mass is 79.9. The molecule has 1 heterocycles. The van der Waals surface area contributed by atoms with Gasteiger partial charge in [0.05, 0.1) is 15.6 Å². The van der Waals surface area contributed by atoms with Crippen LogP contribution in [0.5, 0.6) is 0 Å². The third-order valence-corrected chi connectivity index (χ3v) is 7.15. The van der Waals surface area contributed by atoms with Crippen molar-refractivity contribution in [3.05, 3.63) is 29.3 Å². The van der Waals surface area contributed by atoms with Crippen LogP contribution in [0.3, 0.4) is 0 Å². The van der Waals surface area contributed by atoms with Gasteiger partial charge < -0.3 is 4.90 Å². The number of amides is 1. The molecule has 1 aromatic carbocycles. The second-order valence-electron chi connectivity index (χ2n) is 4.94. The Morgan fingerprint density at radius 3 is 2.29 bits per heavy atom. The summed E-state index contributed by atoms with van der Waals surface area (Å²) in [7, 11) is 0. The van der Waals surface area contributed by atoms with Gasteiger partial charge in [0.1, 0.15) is 0 Å². The van der Waals surface area contributed by atoms with Crippen LogP contribution in [0.25, 0.3) is 0 Å². The second-order valence-corrected chi connectivity index (χ2v) is 8.42.